The number of phenolic OH excluding ortho intramolecular Hbond substituents is 2. The van der Waals surface area contributed by atoms with E-state index in [4.69, 9.17) is 11.5 Å². The van der Waals surface area contributed by atoms with E-state index >= 15 is 0 Å². The molecule has 0 saturated carbocycles. The van der Waals surface area contributed by atoms with E-state index in [1.165, 1.54) is 68.0 Å². The molecule has 4 rings (SSSR count). The Hall–Kier alpha value is -8.87. The second kappa shape index (κ2) is 33.3. The number of H-pyrrole nitrogens is 1. The van der Waals surface area contributed by atoms with Crippen LogP contribution in [-0.2, 0) is 73.6 Å². The Morgan fingerprint density at radius 3 is 1.15 bits per heavy atom. The van der Waals surface area contributed by atoms with E-state index in [2.05, 4.69) is 52.5 Å². The van der Waals surface area contributed by atoms with Gasteiger partial charge in [-0.2, -0.15) is 0 Å². The Labute approximate surface area is 488 Å². The Balaban J connectivity index is 1.67. The maximum Gasteiger partial charge on any atom is 0.326 e. The van der Waals surface area contributed by atoms with Crippen LogP contribution in [0.25, 0.3) is 0 Å². The first-order valence-electron chi connectivity index (χ1n) is 27.9. The molecular weight excluding hydrogens is 1080 g/mol. The number of amides is 9. The average molecular weight is 1170 g/mol. The van der Waals surface area contributed by atoms with Crippen LogP contribution in [0, 0.1) is 17.8 Å². The molecule has 1 heterocycles. The van der Waals surface area contributed by atoms with Crippen molar-refractivity contribution in [1.82, 2.24) is 52.5 Å². The SMILES string of the molecule is CC(C)C[C@H](NC(=O)[C@H](CC(C)C)NC(=O)[C@H](Cc1ccc(O)cc1)NC(=O)[C@H](Cc1ccccc1)NC(=O)[C@H](CC(C)C)NC(=O)[C@H](Cc1cnc[nH]1)NC(=O)[C@H](CCC(N)=O)NC(=O)[C@H](Cc1ccc(O)cc1)NC(=O)[C@H](C)N)C(=O)O. The summed E-state index contributed by atoms with van der Waals surface area (Å²) in [6.07, 6.45) is 1.56. The Bertz CT molecular complexity index is 2830. The minimum Gasteiger partial charge on any atom is -0.508 e. The Morgan fingerprint density at radius 1 is 0.452 bits per heavy atom. The number of carbonyl (C=O) groups is 10. The number of aromatic hydroxyl groups is 2. The molecule has 3 aromatic carbocycles. The molecule has 0 unspecified atom stereocenters. The third kappa shape index (κ3) is 23.5. The number of rotatable bonds is 34. The van der Waals surface area contributed by atoms with E-state index < -0.39 is 120 Å². The van der Waals surface area contributed by atoms with Crippen molar-refractivity contribution in [3.8, 4) is 11.5 Å². The number of imidazole rings is 1. The van der Waals surface area contributed by atoms with E-state index in [9.17, 15) is 63.3 Å². The number of carbonyl (C=O) groups excluding carboxylic acids is 9. The molecule has 0 aliphatic carbocycles. The van der Waals surface area contributed by atoms with Crippen LogP contribution in [-0.4, -0.2) is 139 Å². The lowest BCUT2D eigenvalue weighted by Gasteiger charge is -2.29. The molecule has 84 heavy (non-hydrogen) atoms. The number of nitrogens with zero attached hydrogens (tertiary/aromatic N) is 1. The molecule has 0 saturated heterocycles. The minimum absolute atomic E-state index is 0.0000840. The molecule has 0 spiro atoms. The predicted octanol–water partition coefficient (Wildman–Crippen LogP) is 0.806. The summed E-state index contributed by atoms with van der Waals surface area (Å²) in [7, 11) is 0. The van der Waals surface area contributed by atoms with Crippen LogP contribution in [0.2, 0.25) is 0 Å². The molecule has 9 atom stereocenters. The van der Waals surface area contributed by atoms with E-state index in [0.717, 1.165) is 0 Å². The van der Waals surface area contributed by atoms with Gasteiger partial charge < -0.3 is 74.3 Å². The van der Waals surface area contributed by atoms with Gasteiger partial charge in [0, 0.05) is 44.0 Å². The number of primary amides is 1. The molecule has 0 aliphatic rings. The molecule has 4 aromatic rings. The minimum atomic E-state index is -1.53. The summed E-state index contributed by atoms with van der Waals surface area (Å²) < 4.78 is 0. The number of nitrogens with two attached hydrogens (primary N) is 2. The topological polar surface area (TPSA) is 408 Å². The number of aromatic nitrogens is 2. The lowest BCUT2D eigenvalue weighted by molar-refractivity contribution is -0.143. The maximum atomic E-state index is 14.8. The number of hydrogen-bond acceptors (Lipinski definition) is 14. The zero-order chi connectivity index (χ0) is 62.2. The van der Waals surface area contributed by atoms with Crippen molar-refractivity contribution < 1.29 is 63.3 Å². The van der Waals surface area contributed by atoms with Crippen LogP contribution >= 0.6 is 0 Å². The standard InChI is InChI=1S/C59H82N12O13/c1-32(2)23-43(67-58(82)48(29-39-30-62-31-63-39)70-52(76)42(21-22-50(61)74)64-55(79)45(65-51(75)35(7)60)27-37-13-17-40(72)18-14-37)53(77)68-46(26-36-11-9-8-10-12-36)57(81)69-47(28-38-15-19-41(73)20-16-38)56(80)66-44(24-33(3)4)54(78)71-49(59(83)84)25-34(5)6/h8-20,30-35,42-49,72-73H,21-29,60H2,1-7H3,(H2,61,74)(H,62,63)(H,64,79)(H,65,75)(H,66,80)(H,67,82)(H,68,77)(H,69,81)(H,70,76)(H,71,78)(H,83,84)/t35-,42-,43-,44-,45-,46-,47-,48-,49-/m0/s1. The van der Waals surface area contributed by atoms with E-state index in [1.54, 1.807) is 58.0 Å². The van der Waals surface area contributed by atoms with Crippen molar-refractivity contribution in [3.05, 3.63) is 114 Å². The second-order valence-electron chi connectivity index (χ2n) is 22.2. The van der Waals surface area contributed by atoms with E-state index in [0.29, 0.717) is 22.4 Å². The van der Waals surface area contributed by atoms with Gasteiger partial charge in [0.25, 0.3) is 0 Å². The highest BCUT2D eigenvalue weighted by atomic mass is 16.4. The van der Waals surface area contributed by atoms with Gasteiger partial charge >= 0.3 is 5.97 Å². The van der Waals surface area contributed by atoms with Crippen molar-refractivity contribution >= 4 is 59.1 Å². The Morgan fingerprint density at radius 2 is 0.786 bits per heavy atom. The van der Waals surface area contributed by atoms with Gasteiger partial charge in [-0.05, 0) is 91.3 Å². The summed E-state index contributed by atoms with van der Waals surface area (Å²) in [6, 6.07) is 8.22. The number of aromatic amines is 1. The average Bonchev–Trinajstić information content (AvgIpc) is 4.01. The molecule has 456 valence electrons. The molecular formula is C59H82N12O13. The van der Waals surface area contributed by atoms with E-state index in [-0.39, 0.29) is 80.6 Å². The van der Waals surface area contributed by atoms with Crippen LogP contribution in [0.5, 0.6) is 11.5 Å². The molecule has 0 fully saturated rings. The van der Waals surface area contributed by atoms with Crippen LogP contribution in [0.15, 0.2) is 91.4 Å². The fourth-order valence-electron chi connectivity index (χ4n) is 8.90. The molecule has 25 nitrogen and oxygen atoms in total. The number of aliphatic carboxylic acids is 1. The van der Waals surface area contributed by atoms with Gasteiger partial charge in [-0.3, -0.25) is 43.2 Å². The fraction of sp³-hybridized carbons (Fsp3) is 0.475. The zero-order valence-corrected chi connectivity index (χ0v) is 48.5. The number of carboxylic acid groups (broad SMARTS) is 1. The number of nitrogens with one attached hydrogen (secondary N) is 9. The molecule has 0 aliphatic heterocycles. The quantitative estimate of drug-likeness (QED) is 0.0308. The monoisotopic (exact) mass is 1170 g/mol. The van der Waals surface area contributed by atoms with Crippen LogP contribution in [0.4, 0.5) is 0 Å². The summed E-state index contributed by atoms with van der Waals surface area (Å²) in [5, 5.41) is 51.1. The van der Waals surface area contributed by atoms with Gasteiger partial charge in [0.15, 0.2) is 0 Å². The normalized spacial score (nSPS) is 14.5. The summed E-state index contributed by atoms with van der Waals surface area (Å²) >= 11 is 0. The van der Waals surface area contributed by atoms with Gasteiger partial charge in [-0.15, -0.1) is 0 Å². The summed E-state index contributed by atoms with van der Waals surface area (Å²) in [5.74, 6) is -9.34. The highest BCUT2D eigenvalue weighted by Gasteiger charge is 2.36. The molecule has 0 bridgehead atoms. The van der Waals surface area contributed by atoms with Gasteiger partial charge in [0.2, 0.25) is 53.2 Å². The molecule has 25 heteroatoms. The van der Waals surface area contributed by atoms with Crippen molar-refractivity contribution in [2.24, 2.45) is 29.2 Å². The Kier molecular flexibility index (Phi) is 26.8. The first-order valence-corrected chi connectivity index (χ1v) is 27.9. The largest absolute Gasteiger partial charge is 0.508 e. The third-order valence-corrected chi connectivity index (χ3v) is 13.3. The second-order valence-corrected chi connectivity index (χ2v) is 22.2. The predicted molar refractivity (Wildman–Crippen MR) is 310 cm³/mol. The van der Waals surface area contributed by atoms with E-state index in [1.807, 2.05) is 13.8 Å². The van der Waals surface area contributed by atoms with Crippen molar-refractivity contribution in [1.29, 1.82) is 0 Å². The molecule has 1 aromatic heterocycles. The number of phenols is 2. The lowest BCUT2D eigenvalue weighted by atomic mass is 9.98. The molecule has 16 N–H and O–H groups in total. The fourth-order valence-corrected chi connectivity index (χ4v) is 8.90. The van der Waals surface area contributed by atoms with Gasteiger partial charge in [-0.25, -0.2) is 9.78 Å². The smallest absolute Gasteiger partial charge is 0.326 e. The van der Waals surface area contributed by atoms with Gasteiger partial charge in [0.05, 0.1) is 12.4 Å². The number of benzene rings is 3. The molecule has 9 amide bonds. The van der Waals surface area contributed by atoms with Crippen LogP contribution in [0.1, 0.15) is 103 Å². The number of carboxylic acids is 1. The first-order chi connectivity index (χ1) is 39.7. The lowest BCUT2D eigenvalue weighted by Crippen LogP contribution is -2.61. The van der Waals surface area contributed by atoms with Crippen LogP contribution < -0.4 is 54.0 Å². The van der Waals surface area contributed by atoms with Gasteiger partial charge in [0.1, 0.15) is 59.8 Å². The number of hydrogen-bond donors (Lipinski definition) is 14. The first kappa shape index (κ1) is 67.6. The van der Waals surface area contributed by atoms with Crippen LogP contribution in [0.3, 0.4) is 0 Å². The summed E-state index contributed by atoms with van der Waals surface area (Å²) in [6.45, 7) is 12.2. The summed E-state index contributed by atoms with van der Waals surface area (Å²) in [5.41, 5.74) is 13.2. The van der Waals surface area contributed by atoms with Crippen molar-refractivity contribution in [2.45, 2.75) is 161 Å². The van der Waals surface area contributed by atoms with Crippen molar-refractivity contribution in [3.63, 3.8) is 0 Å². The third-order valence-electron chi connectivity index (χ3n) is 13.3. The maximum absolute atomic E-state index is 14.8. The highest BCUT2D eigenvalue weighted by Crippen LogP contribution is 2.17. The van der Waals surface area contributed by atoms with Crippen molar-refractivity contribution in [2.75, 3.05) is 0 Å². The zero-order valence-electron chi connectivity index (χ0n) is 48.5. The summed E-state index contributed by atoms with van der Waals surface area (Å²) in [4.78, 5) is 145. The molecule has 0 radical (unpaired) electrons. The van der Waals surface area contributed by atoms with Gasteiger partial charge in [-0.1, -0.05) is 96.1 Å². The highest BCUT2D eigenvalue weighted by molar-refractivity contribution is 5.98.